The second-order valence-electron chi connectivity index (χ2n) is 9.93. The van der Waals surface area contributed by atoms with Crippen molar-refractivity contribution in [3.63, 3.8) is 0 Å². The lowest BCUT2D eigenvalue weighted by Gasteiger charge is -2.41. The van der Waals surface area contributed by atoms with E-state index in [9.17, 15) is 14.0 Å². The lowest BCUT2D eigenvalue weighted by molar-refractivity contribution is -0.00779. The summed E-state index contributed by atoms with van der Waals surface area (Å²) in [6.07, 6.45) is 5.63. The average molecular weight is 524 g/mol. The van der Waals surface area contributed by atoms with Crippen molar-refractivity contribution >= 4 is 45.3 Å². The number of amides is 2. The van der Waals surface area contributed by atoms with Crippen LogP contribution >= 0.6 is 11.6 Å². The summed E-state index contributed by atoms with van der Waals surface area (Å²) in [6.45, 7) is 3.61. The number of likely N-dealkylation sites (tertiary alicyclic amines) is 1. The van der Waals surface area contributed by atoms with Crippen molar-refractivity contribution in [3.05, 3.63) is 70.1 Å². The van der Waals surface area contributed by atoms with E-state index in [1.54, 1.807) is 30.5 Å². The van der Waals surface area contributed by atoms with Crippen LogP contribution < -0.4 is 10.5 Å². The minimum atomic E-state index is -1.27. The molecule has 2 aromatic heterocycles. The highest BCUT2D eigenvalue weighted by Gasteiger charge is 2.42. The zero-order chi connectivity index (χ0) is 26.5. The van der Waals surface area contributed by atoms with Gasteiger partial charge in [-0.2, -0.15) is 0 Å². The molecule has 1 aliphatic carbocycles. The fraction of sp³-hybridized carbons (Fsp3) is 0.321. The first-order valence-electron chi connectivity index (χ1n) is 12.0. The number of primary amides is 1. The molecule has 0 unspecified atom stereocenters. The lowest BCUT2D eigenvalue weighted by atomic mass is 9.97. The molecule has 1 saturated carbocycles. The molecule has 6 rings (SSSR count). The summed E-state index contributed by atoms with van der Waals surface area (Å²) in [5.41, 5.74) is 8.58. The molecule has 2 amide bonds. The van der Waals surface area contributed by atoms with E-state index < -0.39 is 11.6 Å². The summed E-state index contributed by atoms with van der Waals surface area (Å²) >= 11 is 6.07. The number of halogens is 2. The van der Waals surface area contributed by atoms with Crippen molar-refractivity contribution in [2.24, 2.45) is 5.73 Å². The Morgan fingerprint density at radius 2 is 1.92 bits per heavy atom. The fourth-order valence-corrected chi connectivity index (χ4v) is 4.85. The van der Waals surface area contributed by atoms with Gasteiger partial charge in [-0.05, 0) is 68.0 Å². The smallest absolute Gasteiger partial charge is 0.257 e. The molecule has 4 aromatic rings. The Labute approximate surface area is 218 Å². The van der Waals surface area contributed by atoms with Gasteiger partial charge in [0, 0.05) is 28.1 Å². The highest BCUT2D eigenvalue weighted by Crippen LogP contribution is 2.43. The third-order valence-corrected chi connectivity index (χ3v) is 7.20. The molecule has 192 valence electrons. The third kappa shape index (κ3) is 4.85. The van der Waals surface area contributed by atoms with E-state index >= 15 is 0 Å². The van der Waals surface area contributed by atoms with Crippen molar-refractivity contribution in [2.45, 2.75) is 38.3 Å². The van der Waals surface area contributed by atoms with Crippen LogP contribution in [0.25, 0.3) is 21.9 Å². The Morgan fingerprint density at radius 3 is 2.54 bits per heavy atom. The summed E-state index contributed by atoms with van der Waals surface area (Å²) in [7, 11) is 1.53. The first kappa shape index (κ1) is 25.0. The Morgan fingerprint density at radius 1 is 1.19 bits per heavy atom. The molecular formula is C28H27ClFN3O4. The van der Waals surface area contributed by atoms with Gasteiger partial charge in [0.15, 0.2) is 0 Å². The average Bonchev–Trinajstić information content (AvgIpc) is 3.62. The molecule has 2 fully saturated rings. The summed E-state index contributed by atoms with van der Waals surface area (Å²) in [5, 5.41) is 2.27. The predicted molar refractivity (Wildman–Crippen MR) is 140 cm³/mol. The zero-order valence-electron chi connectivity index (χ0n) is 20.8. The second kappa shape index (κ2) is 9.34. The maximum absolute atomic E-state index is 13.4. The summed E-state index contributed by atoms with van der Waals surface area (Å²) in [4.78, 5) is 29.5. The van der Waals surface area contributed by atoms with E-state index in [1.807, 2.05) is 13.0 Å². The van der Waals surface area contributed by atoms with Gasteiger partial charge in [-0.25, -0.2) is 4.39 Å². The number of fused-ring (bicyclic) bond motifs is 2. The molecule has 37 heavy (non-hydrogen) atoms. The van der Waals surface area contributed by atoms with E-state index in [1.165, 1.54) is 43.6 Å². The van der Waals surface area contributed by atoms with Gasteiger partial charge < -0.3 is 19.8 Å². The minimum absolute atomic E-state index is 0.123. The van der Waals surface area contributed by atoms with Gasteiger partial charge in [0.05, 0.1) is 36.8 Å². The molecular weight excluding hydrogens is 497 g/mol. The van der Waals surface area contributed by atoms with Gasteiger partial charge in [-0.3, -0.25) is 14.6 Å². The standard InChI is InChI=1S/C14H13ClFNO2.C14H14N2O2/c1-8-3-12-9(4-11(8)15)10(5-19-12)13(18)17-6-14(2,16)7-17;1-18-13-7-12-10(6-11(13)14(15)17)9(4-5-16-12)8-2-3-8/h3-5H,6-7H2,1-2H3;4-8H,2-3H2,1H3,(H2,15,17). The fourth-order valence-electron chi connectivity index (χ4n) is 4.68. The summed E-state index contributed by atoms with van der Waals surface area (Å²) in [6, 6.07) is 9.12. The van der Waals surface area contributed by atoms with Crippen LogP contribution in [0.4, 0.5) is 4.39 Å². The molecule has 1 saturated heterocycles. The number of rotatable bonds is 4. The number of pyridine rings is 1. The number of aromatic nitrogens is 1. The molecule has 2 N–H and O–H groups in total. The quantitative estimate of drug-likeness (QED) is 0.364. The molecule has 0 radical (unpaired) electrons. The van der Waals surface area contributed by atoms with Crippen LogP contribution in [0.5, 0.6) is 5.75 Å². The summed E-state index contributed by atoms with van der Waals surface area (Å²) < 4.78 is 24.0. The number of nitrogens with zero attached hydrogens (tertiary/aromatic N) is 2. The lowest BCUT2D eigenvalue weighted by Crippen LogP contribution is -2.59. The van der Waals surface area contributed by atoms with Gasteiger partial charge >= 0.3 is 0 Å². The monoisotopic (exact) mass is 523 g/mol. The number of methoxy groups -OCH3 is 1. The Bertz CT molecular complexity index is 1540. The molecule has 1 aliphatic heterocycles. The first-order valence-corrected chi connectivity index (χ1v) is 12.4. The number of hydrogen-bond donors (Lipinski definition) is 1. The number of carbonyl (C=O) groups excluding carboxylic acids is 2. The SMILES string of the molecule is COc1cc2nccc(C3CC3)c2cc1C(N)=O.Cc1cc2occ(C(=O)N3CC(C)(F)C3)c2cc1Cl. The van der Waals surface area contributed by atoms with Crippen LogP contribution in [-0.2, 0) is 0 Å². The van der Waals surface area contributed by atoms with Crippen LogP contribution in [0, 0.1) is 6.92 Å². The zero-order valence-corrected chi connectivity index (χ0v) is 21.6. The second-order valence-corrected chi connectivity index (χ2v) is 10.3. The molecule has 0 spiro atoms. The van der Waals surface area contributed by atoms with E-state index in [0.717, 1.165) is 16.5 Å². The maximum Gasteiger partial charge on any atom is 0.257 e. The van der Waals surface area contributed by atoms with Crippen molar-refractivity contribution in [3.8, 4) is 5.75 Å². The van der Waals surface area contributed by atoms with Gasteiger partial charge in [0.25, 0.3) is 11.8 Å². The Balaban J connectivity index is 0.000000152. The molecule has 0 atom stereocenters. The minimum Gasteiger partial charge on any atom is -0.496 e. The van der Waals surface area contributed by atoms with Crippen LogP contribution in [0.15, 0.2) is 47.2 Å². The Hall–Kier alpha value is -3.65. The van der Waals surface area contributed by atoms with Gasteiger partial charge in [0.1, 0.15) is 23.3 Å². The highest BCUT2D eigenvalue weighted by molar-refractivity contribution is 6.32. The maximum atomic E-state index is 13.4. The number of aryl methyl sites for hydroxylation is 1. The topological polar surface area (TPSA) is 98.7 Å². The van der Waals surface area contributed by atoms with Crippen LogP contribution in [0.1, 0.15) is 57.5 Å². The van der Waals surface area contributed by atoms with Crippen molar-refractivity contribution in [1.82, 2.24) is 9.88 Å². The normalized spacial score (nSPS) is 16.2. The number of ether oxygens (including phenoxy) is 1. The number of benzene rings is 2. The number of hydrogen-bond acceptors (Lipinski definition) is 5. The van der Waals surface area contributed by atoms with Crippen LogP contribution in [0.2, 0.25) is 5.02 Å². The highest BCUT2D eigenvalue weighted by atomic mass is 35.5. The molecule has 7 nitrogen and oxygen atoms in total. The van der Waals surface area contributed by atoms with Gasteiger partial charge in [-0.1, -0.05) is 11.6 Å². The third-order valence-electron chi connectivity index (χ3n) is 6.79. The predicted octanol–water partition coefficient (Wildman–Crippen LogP) is 5.80. The van der Waals surface area contributed by atoms with Crippen LogP contribution in [0.3, 0.4) is 0 Å². The van der Waals surface area contributed by atoms with E-state index in [4.69, 9.17) is 26.5 Å². The molecule has 2 aliphatic rings. The number of alkyl halides is 1. The van der Waals surface area contributed by atoms with E-state index in [0.29, 0.717) is 38.8 Å². The van der Waals surface area contributed by atoms with Gasteiger partial charge in [-0.15, -0.1) is 0 Å². The molecule has 3 heterocycles. The molecule has 0 bridgehead atoms. The number of furan rings is 1. The largest absolute Gasteiger partial charge is 0.496 e. The Kier molecular flexibility index (Phi) is 6.31. The van der Waals surface area contributed by atoms with Crippen molar-refractivity contribution in [2.75, 3.05) is 20.2 Å². The number of nitrogens with two attached hydrogens (primary N) is 1. The van der Waals surface area contributed by atoms with Crippen LogP contribution in [-0.4, -0.2) is 47.6 Å². The number of carbonyl (C=O) groups is 2. The van der Waals surface area contributed by atoms with E-state index in [2.05, 4.69) is 4.98 Å². The molecule has 9 heteroatoms. The van der Waals surface area contributed by atoms with Gasteiger partial charge in [0.2, 0.25) is 0 Å². The first-order chi connectivity index (χ1) is 17.6. The van der Waals surface area contributed by atoms with E-state index in [-0.39, 0.29) is 19.0 Å². The summed E-state index contributed by atoms with van der Waals surface area (Å²) in [5.74, 6) is 0.396. The van der Waals surface area contributed by atoms with Crippen molar-refractivity contribution < 1.29 is 23.1 Å². The van der Waals surface area contributed by atoms with Crippen molar-refractivity contribution in [1.29, 1.82) is 0 Å². The molecule has 2 aromatic carbocycles.